The molecule has 0 aliphatic rings. The van der Waals surface area contributed by atoms with Gasteiger partial charge in [0.05, 0.1) is 7.11 Å². The van der Waals surface area contributed by atoms with Crippen molar-refractivity contribution in [3.05, 3.63) is 65.5 Å². The number of benzene rings is 2. The maximum Gasteiger partial charge on any atom is 0.251 e. The van der Waals surface area contributed by atoms with Crippen LogP contribution in [0.2, 0.25) is 0 Å². The Labute approximate surface area is 146 Å². The van der Waals surface area contributed by atoms with E-state index in [-0.39, 0.29) is 17.6 Å². The third-order valence-electron chi connectivity index (χ3n) is 3.62. The molecular formula is C19H21FN2O3. The molecule has 0 aromatic heterocycles. The summed E-state index contributed by atoms with van der Waals surface area (Å²) in [6, 6.07) is 12.8. The molecule has 2 aromatic rings. The second-order valence-corrected chi connectivity index (χ2v) is 5.49. The number of rotatable bonds is 8. The van der Waals surface area contributed by atoms with Crippen molar-refractivity contribution in [1.82, 2.24) is 10.6 Å². The van der Waals surface area contributed by atoms with Crippen molar-refractivity contribution in [1.29, 1.82) is 0 Å². The first kappa shape index (κ1) is 18.4. The molecule has 2 aromatic carbocycles. The fourth-order valence-electron chi connectivity index (χ4n) is 2.19. The number of carbonyl (C=O) groups excluding carboxylic acids is 2. The predicted octanol–water partition coefficient (Wildman–Crippen LogP) is 2.66. The fraction of sp³-hybridized carbons (Fsp3) is 0.263. The summed E-state index contributed by atoms with van der Waals surface area (Å²) in [5, 5.41) is 5.53. The maximum absolute atomic E-state index is 12.8. The lowest BCUT2D eigenvalue weighted by atomic mass is 10.2. The van der Waals surface area contributed by atoms with E-state index in [0.717, 1.165) is 5.56 Å². The summed E-state index contributed by atoms with van der Waals surface area (Å²) < 4.78 is 17.8. The van der Waals surface area contributed by atoms with Gasteiger partial charge in [0.1, 0.15) is 11.6 Å². The average molecular weight is 344 g/mol. The SMILES string of the molecule is COc1ccc(C(=O)NCCCC(=O)NCc2ccc(F)cc2)cc1. The van der Waals surface area contributed by atoms with E-state index >= 15 is 0 Å². The third-order valence-corrected chi connectivity index (χ3v) is 3.62. The van der Waals surface area contributed by atoms with Gasteiger partial charge in [0, 0.05) is 25.1 Å². The molecule has 5 nitrogen and oxygen atoms in total. The normalized spacial score (nSPS) is 10.2. The first-order valence-electron chi connectivity index (χ1n) is 8.02. The molecule has 0 saturated heterocycles. The zero-order valence-corrected chi connectivity index (χ0v) is 14.0. The molecule has 0 radical (unpaired) electrons. The Morgan fingerprint density at radius 2 is 1.68 bits per heavy atom. The maximum atomic E-state index is 12.8. The van der Waals surface area contributed by atoms with E-state index in [1.54, 1.807) is 43.5 Å². The number of ether oxygens (including phenoxy) is 1. The highest BCUT2D eigenvalue weighted by Gasteiger charge is 2.06. The minimum atomic E-state index is -0.303. The lowest BCUT2D eigenvalue weighted by molar-refractivity contribution is -0.121. The number of amides is 2. The second kappa shape index (κ2) is 9.42. The quantitative estimate of drug-likeness (QED) is 0.724. The van der Waals surface area contributed by atoms with Crippen LogP contribution in [0.5, 0.6) is 5.75 Å². The van der Waals surface area contributed by atoms with Crippen LogP contribution in [0.3, 0.4) is 0 Å². The minimum absolute atomic E-state index is 0.108. The number of hydrogen-bond acceptors (Lipinski definition) is 3. The number of methoxy groups -OCH3 is 1. The molecule has 2 N–H and O–H groups in total. The van der Waals surface area contributed by atoms with Crippen molar-refractivity contribution >= 4 is 11.8 Å². The molecule has 2 amide bonds. The summed E-state index contributed by atoms with van der Waals surface area (Å²) in [5.41, 5.74) is 1.38. The molecule has 25 heavy (non-hydrogen) atoms. The van der Waals surface area contributed by atoms with Gasteiger partial charge < -0.3 is 15.4 Å². The van der Waals surface area contributed by atoms with Crippen LogP contribution in [0.4, 0.5) is 4.39 Å². The van der Waals surface area contributed by atoms with Gasteiger partial charge in [-0.05, 0) is 48.4 Å². The van der Waals surface area contributed by atoms with E-state index in [1.807, 2.05) is 0 Å². The lowest BCUT2D eigenvalue weighted by Gasteiger charge is -2.07. The van der Waals surface area contributed by atoms with Gasteiger partial charge in [-0.3, -0.25) is 9.59 Å². The molecule has 0 atom stereocenters. The van der Waals surface area contributed by atoms with E-state index in [1.165, 1.54) is 12.1 Å². The Hall–Kier alpha value is -2.89. The van der Waals surface area contributed by atoms with Crippen molar-refractivity contribution in [2.75, 3.05) is 13.7 Å². The summed E-state index contributed by atoms with van der Waals surface area (Å²) in [6.45, 7) is 0.770. The fourth-order valence-corrected chi connectivity index (χ4v) is 2.19. The van der Waals surface area contributed by atoms with Crippen LogP contribution in [-0.4, -0.2) is 25.5 Å². The van der Waals surface area contributed by atoms with Crippen molar-refractivity contribution in [2.45, 2.75) is 19.4 Å². The highest BCUT2D eigenvalue weighted by molar-refractivity contribution is 5.94. The molecule has 2 rings (SSSR count). The summed E-state index contributed by atoms with van der Waals surface area (Å²) in [6.07, 6.45) is 0.848. The Bertz CT molecular complexity index is 700. The molecule has 0 saturated carbocycles. The van der Waals surface area contributed by atoms with E-state index in [9.17, 15) is 14.0 Å². The molecule has 6 heteroatoms. The summed E-state index contributed by atoms with van der Waals surface area (Å²) in [5.74, 6) is 0.0921. The minimum Gasteiger partial charge on any atom is -0.497 e. The topological polar surface area (TPSA) is 67.4 Å². The van der Waals surface area contributed by atoms with E-state index in [4.69, 9.17) is 4.74 Å². The average Bonchev–Trinajstić information content (AvgIpc) is 2.64. The highest BCUT2D eigenvalue weighted by Crippen LogP contribution is 2.11. The Morgan fingerprint density at radius 1 is 1.00 bits per heavy atom. The van der Waals surface area contributed by atoms with Crippen LogP contribution in [0.1, 0.15) is 28.8 Å². The molecule has 0 spiro atoms. The van der Waals surface area contributed by atoms with Gasteiger partial charge >= 0.3 is 0 Å². The smallest absolute Gasteiger partial charge is 0.251 e. The van der Waals surface area contributed by atoms with Gasteiger partial charge in [-0.2, -0.15) is 0 Å². The highest BCUT2D eigenvalue weighted by atomic mass is 19.1. The van der Waals surface area contributed by atoms with Crippen molar-refractivity contribution in [2.24, 2.45) is 0 Å². The van der Waals surface area contributed by atoms with E-state index in [0.29, 0.717) is 37.2 Å². The number of halogens is 1. The molecule has 132 valence electrons. The molecule has 0 heterocycles. The first-order chi connectivity index (χ1) is 12.1. The van der Waals surface area contributed by atoms with Crippen LogP contribution < -0.4 is 15.4 Å². The molecular weight excluding hydrogens is 323 g/mol. The summed E-state index contributed by atoms with van der Waals surface area (Å²) >= 11 is 0. The van der Waals surface area contributed by atoms with E-state index < -0.39 is 0 Å². The molecule has 0 bridgehead atoms. The van der Waals surface area contributed by atoms with Crippen LogP contribution in [-0.2, 0) is 11.3 Å². The standard InChI is InChI=1S/C19H21FN2O3/c1-25-17-10-6-15(7-11-17)19(24)21-12-2-3-18(23)22-13-14-4-8-16(20)9-5-14/h4-11H,2-3,12-13H2,1H3,(H,21,24)(H,22,23). The van der Waals surface area contributed by atoms with Gasteiger partial charge in [0.2, 0.25) is 5.91 Å². The number of carbonyl (C=O) groups is 2. The Balaban J connectivity index is 1.63. The molecule has 0 aliphatic heterocycles. The van der Waals surface area contributed by atoms with Crippen LogP contribution in [0, 0.1) is 5.82 Å². The largest absolute Gasteiger partial charge is 0.497 e. The van der Waals surface area contributed by atoms with Gasteiger partial charge in [-0.15, -0.1) is 0 Å². The van der Waals surface area contributed by atoms with Crippen LogP contribution in [0.15, 0.2) is 48.5 Å². The Kier molecular flexibility index (Phi) is 6.95. The van der Waals surface area contributed by atoms with Gasteiger partial charge in [0.25, 0.3) is 5.91 Å². The predicted molar refractivity (Wildman–Crippen MR) is 92.8 cm³/mol. The second-order valence-electron chi connectivity index (χ2n) is 5.49. The summed E-state index contributed by atoms with van der Waals surface area (Å²) in [7, 11) is 1.57. The van der Waals surface area contributed by atoms with Gasteiger partial charge in [0.15, 0.2) is 0 Å². The van der Waals surface area contributed by atoms with E-state index in [2.05, 4.69) is 10.6 Å². The van der Waals surface area contributed by atoms with Crippen LogP contribution in [0.25, 0.3) is 0 Å². The van der Waals surface area contributed by atoms with Crippen molar-refractivity contribution in [3.8, 4) is 5.75 Å². The van der Waals surface area contributed by atoms with Gasteiger partial charge in [-0.25, -0.2) is 4.39 Å². The van der Waals surface area contributed by atoms with Crippen molar-refractivity contribution < 1.29 is 18.7 Å². The molecule has 0 unspecified atom stereocenters. The van der Waals surface area contributed by atoms with Gasteiger partial charge in [-0.1, -0.05) is 12.1 Å². The third kappa shape index (κ3) is 6.25. The lowest BCUT2D eigenvalue weighted by Crippen LogP contribution is -2.27. The van der Waals surface area contributed by atoms with Crippen molar-refractivity contribution in [3.63, 3.8) is 0 Å². The molecule has 0 aliphatic carbocycles. The number of hydrogen-bond donors (Lipinski definition) is 2. The zero-order valence-electron chi connectivity index (χ0n) is 14.0. The monoisotopic (exact) mass is 344 g/mol. The summed E-state index contributed by atoms with van der Waals surface area (Å²) in [4.78, 5) is 23.7. The first-order valence-corrected chi connectivity index (χ1v) is 8.02. The number of nitrogens with one attached hydrogen (secondary N) is 2. The molecule has 0 fully saturated rings. The Morgan fingerprint density at radius 3 is 2.32 bits per heavy atom. The zero-order chi connectivity index (χ0) is 18.1. The van der Waals surface area contributed by atoms with Crippen LogP contribution >= 0.6 is 0 Å².